The van der Waals surface area contributed by atoms with Gasteiger partial charge in [0.25, 0.3) is 0 Å². The minimum absolute atomic E-state index is 0.0406. The van der Waals surface area contributed by atoms with Crippen LogP contribution in [-0.4, -0.2) is 53.4 Å². The van der Waals surface area contributed by atoms with Crippen molar-refractivity contribution < 1.29 is 32.2 Å². The van der Waals surface area contributed by atoms with Crippen LogP contribution in [0.3, 0.4) is 0 Å². The zero-order valence-electron chi connectivity index (χ0n) is 17.5. The zero-order valence-corrected chi connectivity index (χ0v) is 18.2. The highest BCUT2D eigenvalue weighted by Gasteiger charge is 2.41. The summed E-state index contributed by atoms with van der Waals surface area (Å²) in [5.74, 6) is -0.735. The number of hydrogen-bond acceptors (Lipinski definition) is 6. The third-order valence-corrected chi connectivity index (χ3v) is 5.10. The maximum atomic E-state index is 13.6. The fourth-order valence-corrected chi connectivity index (χ4v) is 3.71. The van der Waals surface area contributed by atoms with Crippen LogP contribution in [0.2, 0.25) is 5.02 Å². The number of fused-ring (bicyclic) bond motifs is 1. The van der Waals surface area contributed by atoms with Crippen molar-refractivity contribution in [2.24, 2.45) is 0 Å². The number of nitrogens with one attached hydrogen (secondary N) is 1. The summed E-state index contributed by atoms with van der Waals surface area (Å²) in [5, 5.41) is 6.64. The minimum Gasteiger partial charge on any atom is -0.495 e. The second kappa shape index (κ2) is 9.78. The van der Waals surface area contributed by atoms with E-state index in [4.69, 9.17) is 21.1 Å². The lowest BCUT2D eigenvalue weighted by Gasteiger charge is -2.27. The van der Waals surface area contributed by atoms with Gasteiger partial charge in [-0.3, -0.25) is 19.2 Å². The minimum atomic E-state index is -4.70. The molecule has 1 N–H and O–H groups in total. The standard InChI is InChI=1S/C20H22ClF3N4O4/c1-3-32-18(30)11-27-7-6-15-13(9-27)19(20(22,23)24)26-28(15)10-17(29)25-14-8-12(21)4-5-16(14)31-2/h4-5,8H,3,6-7,9-11H2,1-2H3,(H,25,29). The number of rotatable bonds is 7. The largest absolute Gasteiger partial charge is 0.495 e. The lowest BCUT2D eigenvalue weighted by Crippen LogP contribution is -2.36. The summed E-state index contributed by atoms with van der Waals surface area (Å²) in [6.07, 6.45) is -4.50. The molecule has 1 aliphatic rings. The maximum Gasteiger partial charge on any atom is 0.435 e. The van der Waals surface area contributed by atoms with Crippen molar-refractivity contribution in [2.75, 3.05) is 32.1 Å². The Balaban J connectivity index is 1.81. The van der Waals surface area contributed by atoms with E-state index in [-0.39, 0.29) is 31.7 Å². The first kappa shape index (κ1) is 23.9. The van der Waals surface area contributed by atoms with E-state index in [1.54, 1.807) is 24.0 Å². The monoisotopic (exact) mass is 474 g/mol. The molecular weight excluding hydrogens is 453 g/mol. The lowest BCUT2D eigenvalue weighted by atomic mass is 10.0. The van der Waals surface area contributed by atoms with Gasteiger partial charge in [0.05, 0.1) is 25.9 Å². The van der Waals surface area contributed by atoms with Gasteiger partial charge in [-0.25, -0.2) is 0 Å². The molecule has 0 spiro atoms. The first-order valence-electron chi connectivity index (χ1n) is 9.79. The summed E-state index contributed by atoms with van der Waals surface area (Å²) < 4.78 is 51.9. The van der Waals surface area contributed by atoms with Gasteiger partial charge in [-0.2, -0.15) is 18.3 Å². The Hall–Kier alpha value is -2.79. The highest BCUT2D eigenvalue weighted by Crippen LogP contribution is 2.35. The zero-order chi connectivity index (χ0) is 23.5. The van der Waals surface area contributed by atoms with Crippen molar-refractivity contribution in [3.8, 4) is 5.75 Å². The second-order valence-electron chi connectivity index (χ2n) is 7.09. The molecule has 32 heavy (non-hydrogen) atoms. The van der Waals surface area contributed by atoms with E-state index in [0.717, 1.165) is 4.68 Å². The van der Waals surface area contributed by atoms with E-state index in [1.165, 1.54) is 13.2 Å². The van der Waals surface area contributed by atoms with Crippen LogP contribution >= 0.6 is 11.6 Å². The van der Waals surface area contributed by atoms with Crippen LogP contribution in [0.15, 0.2) is 18.2 Å². The Bertz CT molecular complexity index is 1010. The van der Waals surface area contributed by atoms with Crippen molar-refractivity contribution in [3.63, 3.8) is 0 Å². The molecule has 0 unspecified atom stereocenters. The number of amides is 1. The molecule has 8 nitrogen and oxygen atoms in total. The van der Waals surface area contributed by atoms with E-state index >= 15 is 0 Å². The van der Waals surface area contributed by atoms with Crippen LogP contribution in [0.25, 0.3) is 0 Å². The summed E-state index contributed by atoms with van der Waals surface area (Å²) in [7, 11) is 1.42. The van der Waals surface area contributed by atoms with Gasteiger partial charge in [-0.15, -0.1) is 0 Å². The molecule has 0 saturated heterocycles. The maximum absolute atomic E-state index is 13.6. The van der Waals surface area contributed by atoms with Crippen LogP contribution in [0.1, 0.15) is 23.9 Å². The number of nitrogens with zero attached hydrogens (tertiary/aromatic N) is 3. The predicted octanol–water partition coefficient (Wildman–Crippen LogP) is 3.12. The van der Waals surface area contributed by atoms with Gasteiger partial charge in [0.1, 0.15) is 12.3 Å². The van der Waals surface area contributed by atoms with Crippen LogP contribution in [0.5, 0.6) is 5.75 Å². The van der Waals surface area contributed by atoms with Crippen LogP contribution in [-0.2, 0) is 40.0 Å². The number of hydrogen-bond donors (Lipinski definition) is 1. The number of benzene rings is 1. The van der Waals surface area contributed by atoms with Crippen molar-refractivity contribution in [1.82, 2.24) is 14.7 Å². The quantitative estimate of drug-likeness (QED) is 0.621. The number of halogens is 4. The number of carbonyl (C=O) groups is 2. The average Bonchev–Trinajstić information content (AvgIpc) is 3.06. The molecule has 0 radical (unpaired) electrons. The number of ether oxygens (including phenoxy) is 2. The Morgan fingerprint density at radius 2 is 2.03 bits per heavy atom. The summed E-state index contributed by atoms with van der Waals surface area (Å²) in [6.45, 7) is 1.51. The third-order valence-electron chi connectivity index (χ3n) is 4.87. The molecule has 0 bridgehead atoms. The normalized spacial score (nSPS) is 14.1. The first-order chi connectivity index (χ1) is 15.1. The number of anilines is 1. The molecule has 2 aromatic rings. The second-order valence-corrected chi connectivity index (χ2v) is 7.52. The highest BCUT2D eigenvalue weighted by atomic mass is 35.5. The van der Waals surface area contributed by atoms with Crippen LogP contribution in [0, 0.1) is 0 Å². The summed E-state index contributed by atoms with van der Waals surface area (Å²) in [4.78, 5) is 25.9. The van der Waals surface area contributed by atoms with E-state index in [2.05, 4.69) is 10.4 Å². The SMILES string of the molecule is CCOC(=O)CN1CCc2c(c(C(F)(F)F)nn2CC(=O)Nc2cc(Cl)ccc2OC)C1. The van der Waals surface area contributed by atoms with Crippen molar-refractivity contribution in [3.05, 3.63) is 40.2 Å². The molecule has 1 amide bonds. The molecule has 1 aliphatic heterocycles. The summed E-state index contributed by atoms with van der Waals surface area (Å²) >= 11 is 5.95. The molecule has 3 rings (SSSR count). The Morgan fingerprint density at radius 3 is 2.69 bits per heavy atom. The molecule has 0 atom stereocenters. The van der Waals surface area contributed by atoms with E-state index < -0.39 is 30.3 Å². The van der Waals surface area contributed by atoms with Crippen molar-refractivity contribution >= 4 is 29.2 Å². The third kappa shape index (κ3) is 5.52. The van der Waals surface area contributed by atoms with Gasteiger partial charge < -0.3 is 14.8 Å². The Labute approximate surface area is 187 Å². The van der Waals surface area contributed by atoms with Gasteiger partial charge in [-0.05, 0) is 25.1 Å². The van der Waals surface area contributed by atoms with Crippen molar-refractivity contribution in [2.45, 2.75) is 32.6 Å². The number of methoxy groups -OCH3 is 1. The van der Waals surface area contributed by atoms with E-state index in [0.29, 0.717) is 28.7 Å². The van der Waals surface area contributed by atoms with Gasteiger partial charge in [-0.1, -0.05) is 11.6 Å². The smallest absolute Gasteiger partial charge is 0.435 e. The molecule has 1 aromatic heterocycles. The Kier molecular flexibility index (Phi) is 7.29. The average molecular weight is 475 g/mol. The van der Waals surface area contributed by atoms with E-state index in [1.807, 2.05) is 0 Å². The highest BCUT2D eigenvalue weighted by molar-refractivity contribution is 6.31. The molecule has 0 saturated carbocycles. The molecule has 1 aromatic carbocycles. The molecular formula is C20H22ClF3N4O4. The summed E-state index contributed by atoms with van der Waals surface area (Å²) in [5.41, 5.74) is -0.497. The fraction of sp³-hybridized carbons (Fsp3) is 0.450. The predicted molar refractivity (Wildman–Crippen MR) is 109 cm³/mol. The molecule has 0 fully saturated rings. The van der Waals surface area contributed by atoms with Crippen LogP contribution < -0.4 is 10.1 Å². The van der Waals surface area contributed by atoms with Crippen LogP contribution in [0.4, 0.5) is 18.9 Å². The van der Waals surface area contributed by atoms with Gasteiger partial charge in [0.15, 0.2) is 5.69 Å². The number of alkyl halides is 3. The van der Waals surface area contributed by atoms with Crippen molar-refractivity contribution in [1.29, 1.82) is 0 Å². The van der Waals surface area contributed by atoms with E-state index in [9.17, 15) is 22.8 Å². The first-order valence-corrected chi connectivity index (χ1v) is 10.2. The van der Waals surface area contributed by atoms with Gasteiger partial charge in [0.2, 0.25) is 5.91 Å². The topological polar surface area (TPSA) is 85.7 Å². The lowest BCUT2D eigenvalue weighted by molar-refractivity contribution is -0.144. The number of esters is 1. The molecule has 0 aliphatic carbocycles. The number of aromatic nitrogens is 2. The van der Waals surface area contributed by atoms with Gasteiger partial charge in [0, 0.05) is 35.8 Å². The molecule has 12 heteroatoms. The number of carbonyl (C=O) groups excluding carboxylic acids is 2. The Morgan fingerprint density at radius 1 is 1.28 bits per heavy atom. The summed E-state index contributed by atoms with van der Waals surface area (Å²) in [6, 6.07) is 4.62. The molecule has 174 valence electrons. The fourth-order valence-electron chi connectivity index (χ4n) is 3.53. The molecule has 2 heterocycles. The van der Waals surface area contributed by atoms with Gasteiger partial charge >= 0.3 is 12.1 Å².